The lowest BCUT2D eigenvalue weighted by Crippen LogP contribution is -2.14. The van der Waals surface area contributed by atoms with Crippen molar-refractivity contribution in [1.29, 1.82) is 0 Å². The summed E-state index contributed by atoms with van der Waals surface area (Å²) >= 11 is 0. The Morgan fingerprint density at radius 1 is 1.18 bits per heavy atom. The molecule has 0 heterocycles. The first-order chi connectivity index (χ1) is 6.43. The van der Waals surface area contributed by atoms with E-state index in [4.69, 9.17) is 16.6 Å². The fourth-order valence-electron chi connectivity index (χ4n) is 1.32. The van der Waals surface area contributed by atoms with E-state index in [-0.39, 0.29) is 35.9 Å². The van der Waals surface area contributed by atoms with Gasteiger partial charge >= 0.3 is 5.97 Å². The summed E-state index contributed by atoms with van der Waals surface area (Å²) in [4.78, 5) is 12.4. The highest BCUT2D eigenvalue weighted by Gasteiger charge is 2.11. The van der Waals surface area contributed by atoms with Crippen molar-refractivity contribution in [2.45, 2.75) is 0 Å². The summed E-state index contributed by atoms with van der Waals surface area (Å²) in [5, 5.41) is 8.74. The first-order valence-corrected chi connectivity index (χ1v) is 4.03. The number of nitrogens with zero attached hydrogens (tertiary/aromatic N) is 1. The number of carbonyl (C=O) groups is 1. The van der Waals surface area contributed by atoms with Crippen LogP contribution in [0.15, 0.2) is 12.1 Å². The minimum atomic E-state index is -1.03. The number of nitrogen functional groups attached to an aromatic ring is 2. The highest BCUT2D eigenvalue weighted by atomic mass is 35.5. The van der Waals surface area contributed by atoms with Crippen molar-refractivity contribution in [3.63, 3.8) is 0 Å². The summed E-state index contributed by atoms with van der Waals surface area (Å²) in [6.45, 7) is 0. The molecule has 0 aromatic heterocycles. The molecule has 0 atom stereocenters. The third kappa shape index (κ3) is 4.56. The normalized spacial score (nSPS) is 8.12. The number of halogens is 2. The quantitative estimate of drug-likeness (QED) is 0.688. The van der Waals surface area contributed by atoms with Gasteiger partial charge in [0, 0.05) is 14.1 Å². The van der Waals surface area contributed by atoms with Crippen LogP contribution < -0.4 is 16.4 Å². The van der Waals surface area contributed by atoms with Crippen LogP contribution in [-0.2, 0) is 0 Å². The fourth-order valence-corrected chi connectivity index (χ4v) is 1.32. The number of carboxylic acid groups (broad SMARTS) is 1. The van der Waals surface area contributed by atoms with Gasteiger partial charge in [-0.15, -0.1) is 24.8 Å². The standard InChI is InChI=1S/C9H13N3O2.2ClH.H2O/c1-12(2)8-6(10)3-5(9(13)14)4-7(8)11;;;/h3-4H,10-11H2,1-2H3,(H,13,14);2*1H;1H2. The van der Waals surface area contributed by atoms with E-state index in [1.54, 1.807) is 19.0 Å². The molecule has 0 amide bonds. The Morgan fingerprint density at radius 3 is 1.76 bits per heavy atom. The molecule has 1 aromatic rings. The van der Waals surface area contributed by atoms with E-state index >= 15 is 0 Å². The SMILES string of the molecule is CN(C)c1c(N)cc(C(=O)O)cc1N.Cl.Cl.O. The number of hydrogen-bond donors (Lipinski definition) is 3. The van der Waals surface area contributed by atoms with Crippen molar-refractivity contribution in [3.8, 4) is 0 Å². The number of benzene rings is 1. The van der Waals surface area contributed by atoms with Gasteiger partial charge < -0.3 is 26.9 Å². The lowest BCUT2D eigenvalue weighted by molar-refractivity contribution is 0.0697. The minimum absolute atomic E-state index is 0. The third-order valence-electron chi connectivity index (χ3n) is 1.86. The van der Waals surface area contributed by atoms with E-state index in [9.17, 15) is 4.79 Å². The maximum absolute atomic E-state index is 10.7. The number of hydrogen-bond acceptors (Lipinski definition) is 4. The van der Waals surface area contributed by atoms with Crippen LogP contribution in [0.4, 0.5) is 17.1 Å². The van der Waals surface area contributed by atoms with E-state index in [1.165, 1.54) is 12.1 Å². The van der Waals surface area contributed by atoms with E-state index in [0.717, 1.165) is 0 Å². The predicted octanol–water partition coefficient (Wildman–Crippen LogP) is 0.634. The fraction of sp³-hybridized carbons (Fsp3) is 0.222. The van der Waals surface area contributed by atoms with Crippen LogP contribution in [0, 0.1) is 0 Å². The largest absolute Gasteiger partial charge is 0.478 e. The first kappa shape index (κ1) is 21.0. The molecule has 8 heteroatoms. The molecule has 7 N–H and O–H groups in total. The second-order valence-electron chi connectivity index (χ2n) is 3.20. The third-order valence-corrected chi connectivity index (χ3v) is 1.86. The van der Waals surface area contributed by atoms with E-state index < -0.39 is 5.97 Å². The molecule has 0 aliphatic rings. The van der Waals surface area contributed by atoms with Crippen LogP contribution >= 0.6 is 24.8 Å². The molecule has 0 saturated heterocycles. The molecule has 100 valence electrons. The molecule has 0 radical (unpaired) electrons. The summed E-state index contributed by atoms with van der Waals surface area (Å²) in [6, 6.07) is 2.79. The molecule has 0 bridgehead atoms. The molecule has 0 aliphatic heterocycles. The van der Waals surface area contributed by atoms with Gasteiger partial charge in [-0.25, -0.2) is 4.79 Å². The molecule has 17 heavy (non-hydrogen) atoms. The van der Waals surface area contributed by atoms with Crippen molar-refractivity contribution in [1.82, 2.24) is 0 Å². The van der Waals surface area contributed by atoms with E-state index in [2.05, 4.69) is 0 Å². The van der Waals surface area contributed by atoms with Gasteiger partial charge in [0.15, 0.2) is 0 Å². The number of carboxylic acids is 1. The van der Waals surface area contributed by atoms with Gasteiger partial charge in [0.2, 0.25) is 0 Å². The first-order valence-electron chi connectivity index (χ1n) is 4.03. The minimum Gasteiger partial charge on any atom is -0.478 e. The Bertz CT molecular complexity index is 363. The maximum atomic E-state index is 10.7. The maximum Gasteiger partial charge on any atom is 0.335 e. The highest BCUT2D eigenvalue weighted by Crippen LogP contribution is 2.30. The van der Waals surface area contributed by atoms with Gasteiger partial charge in [0.1, 0.15) is 0 Å². The molecule has 6 nitrogen and oxygen atoms in total. The predicted molar refractivity (Wildman–Crippen MR) is 74.7 cm³/mol. The van der Waals surface area contributed by atoms with E-state index in [0.29, 0.717) is 17.1 Å². The number of rotatable bonds is 2. The van der Waals surface area contributed by atoms with Gasteiger partial charge in [0.05, 0.1) is 22.6 Å². The molecule has 0 unspecified atom stereocenters. The van der Waals surface area contributed by atoms with Gasteiger partial charge in [-0.1, -0.05) is 0 Å². The van der Waals surface area contributed by atoms with Gasteiger partial charge in [-0.05, 0) is 12.1 Å². The summed E-state index contributed by atoms with van der Waals surface area (Å²) in [5.74, 6) is -1.03. The lowest BCUT2D eigenvalue weighted by atomic mass is 10.1. The Balaban J connectivity index is -0.000000653. The molecule has 1 aromatic carbocycles. The molecule has 1 rings (SSSR count). The summed E-state index contributed by atoms with van der Waals surface area (Å²) in [7, 11) is 3.59. The van der Waals surface area contributed by atoms with Gasteiger partial charge in [0.25, 0.3) is 0 Å². The summed E-state index contributed by atoms with van der Waals surface area (Å²) in [5.41, 5.74) is 12.8. The smallest absolute Gasteiger partial charge is 0.335 e. The number of anilines is 3. The van der Waals surface area contributed by atoms with Crippen molar-refractivity contribution < 1.29 is 15.4 Å². The van der Waals surface area contributed by atoms with Gasteiger partial charge in [-0.2, -0.15) is 0 Å². The Hall–Kier alpha value is -1.37. The van der Waals surface area contributed by atoms with E-state index in [1.807, 2.05) is 0 Å². The van der Waals surface area contributed by atoms with Crippen LogP contribution in [0.5, 0.6) is 0 Å². The average Bonchev–Trinajstić information content (AvgIpc) is 2.01. The lowest BCUT2D eigenvalue weighted by Gasteiger charge is -2.18. The van der Waals surface area contributed by atoms with Crippen LogP contribution in [0.2, 0.25) is 0 Å². The second kappa shape index (κ2) is 7.83. The number of aromatic carboxylic acids is 1. The van der Waals surface area contributed by atoms with Crippen molar-refractivity contribution in [3.05, 3.63) is 17.7 Å². The molecular weight excluding hydrogens is 269 g/mol. The van der Waals surface area contributed by atoms with Crippen LogP contribution in [0.25, 0.3) is 0 Å². The molecule has 0 fully saturated rings. The zero-order valence-corrected chi connectivity index (χ0v) is 11.1. The molecule has 0 saturated carbocycles. The molecule has 0 aliphatic carbocycles. The van der Waals surface area contributed by atoms with Crippen LogP contribution in [0.1, 0.15) is 10.4 Å². The van der Waals surface area contributed by atoms with Crippen molar-refractivity contribution >= 4 is 47.8 Å². The topological polar surface area (TPSA) is 124 Å². The van der Waals surface area contributed by atoms with Crippen LogP contribution in [0.3, 0.4) is 0 Å². The van der Waals surface area contributed by atoms with Crippen molar-refractivity contribution in [2.75, 3.05) is 30.5 Å². The monoisotopic (exact) mass is 285 g/mol. The Labute approximate surface area is 112 Å². The van der Waals surface area contributed by atoms with Crippen LogP contribution in [-0.4, -0.2) is 30.6 Å². The summed E-state index contributed by atoms with van der Waals surface area (Å²) < 4.78 is 0. The second-order valence-corrected chi connectivity index (χ2v) is 3.20. The highest BCUT2D eigenvalue weighted by molar-refractivity contribution is 5.94. The van der Waals surface area contributed by atoms with Gasteiger partial charge in [-0.3, -0.25) is 0 Å². The Morgan fingerprint density at radius 2 is 1.53 bits per heavy atom. The Kier molecular flexibility index (Phi) is 9.66. The molecular formula is C9H17Cl2N3O3. The zero-order valence-electron chi connectivity index (χ0n) is 9.43. The summed E-state index contributed by atoms with van der Waals surface area (Å²) in [6.07, 6.45) is 0. The average molecular weight is 286 g/mol. The van der Waals surface area contributed by atoms with Crippen molar-refractivity contribution in [2.24, 2.45) is 0 Å². The zero-order chi connectivity index (χ0) is 10.9. The molecule has 0 spiro atoms. The number of nitrogens with two attached hydrogens (primary N) is 2.